The quantitative estimate of drug-likeness (QED) is 0.731. The fourth-order valence-electron chi connectivity index (χ4n) is 2.79. The number of hydrogen-bond donors (Lipinski definition) is 1. The lowest BCUT2D eigenvalue weighted by molar-refractivity contribution is 0.115. The maximum atomic E-state index is 10.4. The molecule has 0 atom stereocenters. The minimum absolute atomic E-state index is 0.779. The summed E-state index contributed by atoms with van der Waals surface area (Å²) in [5.74, 6) is 0.850. The Morgan fingerprint density at radius 3 is 2.72 bits per heavy atom. The molecule has 0 radical (unpaired) electrons. The zero-order chi connectivity index (χ0) is 18.6. The first-order valence-electron chi connectivity index (χ1n) is 8.84. The van der Waals surface area contributed by atoms with Crippen LogP contribution in [-0.2, 0) is 7.05 Å². The molecule has 0 aliphatic rings. The van der Waals surface area contributed by atoms with Crippen LogP contribution in [0.4, 0.5) is 5.82 Å². The minimum Gasteiger partial charge on any atom is -0.386 e. The number of imidazole rings is 1. The van der Waals surface area contributed by atoms with Crippen molar-refractivity contribution >= 4 is 16.9 Å². The second kappa shape index (κ2) is 7.83. The van der Waals surface area contributed by atoms with Gasteiger partial charge in [-0.05, 0) is 38.7 Å². The Balaban J connectivity index is 2.09. The van der Waals surface area contributed by atoms with Crippen molar-refractivity contribution in [2.45, 2.75) is 52.1 Å². The topological polar surface area (TPSA) is 54.2 Å². The van der Waals surface area contributed by atoms with Gasteiger partial charge in [0, 0.05) is 25.9 Å². The summed E-state index contributed by atoms with van der Waals surface area (Å²) in [6.07, 6.45) is 9.38. The standard InChI is InChI=1S/C20H30N4O/c1-7-8-9-16(20(3,4)25)11-10-15(2)24(6)19-12-18-17(13-21-19)22-14-23(18)5/h9,12-14,25H,2,7-8,10-11H2,1,3-6H3/b16-9+. The van der Waals surface area contributed by atoms with Gasteiger partial charge in [0.05, 0.1) is 23.6 Å². The number of unbranched alkanes of at least 4 members (excludes halogenated alkanes) is 1. The molecular formula is C20H30N4O. The van der Waals surface area contributed by atoms with Gasteiger partial charge in [0.25, 0.3) is 0 Å². The van der Waals surface area contributed by atoms with Gasteiger partial charge in [-0.3, -0.25) is 0 Å². The molecule has 0 unspecified atom stereocenters. The van der Waals surface area contributed by atoms with E-state index in [2.05, 4.69) is 29.5 Å². The number of nitrogens with zero attached hydrogens (tertiary/aromatic N) is 4. The summed E-state index contributed by atoms with van der Waals surface area (Å²) in [6, 6.07) is 2.03. The van der Waals surface area contributed by atoms with Crippen LogP contribution in [0.1, 0.15) is 46.5 Å². The zero-order valence-corrected chi connectivity index (χ0v) is 16.1. The molecule has 0 aliphatic heterocycles. The van der Waals surface area contributed by atoms with Gasteiger partial charge < -0.3 is 14.6 Å². The van der Waals surface area contributed by atoms with Crippen molar-refractivity contribution in [2.24, 2.45) is 7.05 Å². The molecule has 2 heterocycles. The predicted molar refractivity (Wildman–Crippen MR) is 105 cm³/mol. The molecule has 0 aromatic carbocycles. The van der Waals surface area contributed by atoms with Crippen molar-refractivity contribution in [2.75, 3.05) is 11.9 Å². The van der Waals surface area contributed by atoms with E-state index < -0.39 is 5.60 Å². The number of rotatable bonds is 8. The van der Waals surface area contributed by atoms with Gasteiger partial charge in [-0.1, -0.05) is 26.0 Å². The summed E-state index contributed by atoms with van der Waals surface area (Å²) in [4.78, 5) is 10.8. The molecule has 5 heteroatoms. The highest BCUT2D eigenvalue weighted by molar-refractivity contribution is 5.77. The summed E-state index contributed by atoms with van der Waals surface area (Å²) in [5.41, 5.74) is 3.18. The van der Waals surface area contributed by atoms with Crippen LogP contribution in [0.15, 0.2) is 42.5 Å². The molecule has 0 aliphatic carbocycles. The first kappa shape index (κ1) is 19.2. The summed E-state index contributed by atoms with van der Waals surface area (Å²) in [5, 5.41) is 10.4. The second-order valence-corrected chi connectivity index (χ2v) is 7.09. The van der Waals surface area contributed by atoms with Gasteiger partial charge in [0.15, 0.2) is 0 Å². The van der Waals surface area contributed by atoms with Gasteiger partial charge in [-0.15, -0.1) is 0 Å². The van der Waals surface area contributed by atoms with E-state index >= 15 is 0 Å². The summed E-state index contributed by atoms with van der Waals surface area (Å²) in [7, 11) is 3.95. The number of aryl methyl sites for hydroxylation is 1. The first-order chi connectivity index (χ1) is 11.7. The molecule has 0 amide bonds. The lowest BCUT2D eigenvalue weighted by atomic mass is 9.92. The van der Waals surface area contributed by atoms with Crippen LogP contribution >= 0.6 is 0 Å². The molecule has 5 nitrogen and oxygen atoms in total. The monoisotopic (exact) mass is 342 g/mol. The van der Waals surface area contributed by atoms with E-state index in [1.54, 1.807) is 12.5 Å². The largest absolute Gasteiger partial charge is 0.386 e. The molecule has 1 N–H and O–H groups in total. The number of aliphatic hydroxyl groups is 1. The van der Waals surface area contributed by atoms with E-state index in [1.165, 1.54) is 0 Å². The fourth-order valence-corrected chi connectivity index (χ4v) is 2.79. The SMILES string of the molecule is C=C(CC/C(=C\CCC)C(C)(C)O)N(C)c1cc2c(cn1)ncn2C. The molecule has 0 bridgehead atoms. The van der Waals surface area contributed by atoms with E-state index in [1.807, 2.05) is 43.5 Å². The van der Waals surface area contributed by atoms with Crippen LogP contribution < -0.4 is 4.90 Å². The van der Waals surface area contributed by atoms with Crippen molar-refractivity contribution in [3.63, 3.8) is 0 Å². The lowest BCUT2D eigenvalue weighted by Gasteiger charge is -2.25. The third-order valence-electron chi connectivity index (χ3n) is 4.56. The number of fused-ring (bicyclic) bond motifs is 1. The molecule has 0 fully saturated rings. The Morgan fingerprint density at radius 2 is 2.08 bits per heavy atom. The van der Waals surface area contributed by atoms with Crippen LogP contribution in [0.25, 0.3) is 11.0 Å². The Hall–Kier alpha value is -2.14. The summed E-state index contributed by atoms with van der Waals surface area (Å²) < 4.78 is 1.98. The van der Waals surface area contributed by atoms with E-state index in [0.717, 1.165) is 53.8 Å². The Bertz CT molecular complexity index is 768. The summed E-state index contributed by atoms with van der Waals surface area (Å²) >= 11 is 0. The van der Waals surface area contributed by atoms with Gasteiger partial charge in [-0.2, -0.15) is 0 Å². The maximum absolute atomic E-state index is 10.4. The number of hydrogen-bond acceptors (Lipinski definition) is 4. The fraction of sp³-hybridized carbons (Fsp3) is 0.500. The minimum atomic E-state index is -0.792. The molecule has 2 aromatic rings. The molecule has 25 heavy (non-hydrogen) atoms. The Labute approximate surface area is 150 Å². The highest BCUT2D eigenvalue weighted by Gasteiger charge is 2.19. The van der Waals surface area contributed by atoms with Crippen LogP contribution in [0.2, 0.25) is 0 Å². The van der Waals surface area contributed by atoms with Crippen LogP contribution in [0, 0.1) is 0 Å². The predicted octanol–water partition coefficient (Wildman–Crippen LogP) is 4.20. The third-order valence-corrected chi connectivity index (χ3v) is 4.56. The Kier molecular flexibility index (Phi) is 6.01. The highest BCUT2D eigenvalue weighted by Crippen LogP contribution is 2.26. The molecule has 0 saturated heterocycles. The average molecular weight is 342 g/mol. The van der Waals surface area contributed by atoms with Crippen molar-refractivity contribution in [3.05, 3.63) is 42.5 Å². The number of aromatic nitrogens is 3. The normalized spacial score (nSPS) is 12.6. The molecule has 0 saturated carbocycles. The van der Waals surface area contributed by atoms with Crippen LogP contribution in [0.5, 0.6) is 0 Å². The van der Waals surface area contributed by atoms with E-state index in [-0.39, 0.29) is 0 Å². The van der Waals surface area contributed by atoms with Crippen molar-refractivity contribution in [1.82, 2.24) is 14.5 Å². The molecular weight excluding hydrogens is 312 g/mol. The van der Waals surface area contributed by atoms with Gasteiger partial charge >= 0.3 is 0 Å². The van der Waals surface area contributed by atoms with Gasteiger partial charge in [0.2, 0.25) is 0 Å². The van der Waals surface area contributed by atoms with E-state index in [4.69, 9.17) is 0 Å². The van der Waals surface area contributed by atoms with E-state index in [0.29, 0.717) is 0 Å². The van der Waals surface area contributed by atoms with Gasteiger partial charge in [-0.25, -0.2) is 9.97 Å². The maximum Gasteiger partial charge on any atom is 0.134 e. The van der Waals surface area contributed by atoms with Crippen molar-refractivity contribution in [1.29, 1.82) is 0 Å². The molecule has 136 valence electrons. The van der Waals surface area contributed by atoms with Crippen LogP contribution in [-0.4, -0.2) is 32.3 Å². The van der Waals surface area contributed by atoms with Crippen molar-refractivity contribution < 1.29 is 5.11 Å². The Morgan fingerprint density at radius 1 is 1.36 bits per heavy atom. The number of allylic oxidation sites excluding steroid dienone is 2. The molecule has 2 rings (SSSR count). The van der Waals surface area contributed by atoms with Gasteiger partial charge in [0.1, 0.15) is 11.3 Å². The number of anilines is 1. The zero-order valence-electron chi connectivity index (χ0n) is 16.1. The smallest absolute Gasteiger partial charge is 0.134 e. The van der Waals surface area contributed by atoms with Crippen molar-refractivity contribution in [3.8, 4) is 0 Å². The third kappa shape index (κ3) is 4.69. The average Bonchev–Trinajstić information content (AvgIpc) is 2.93. The second-order valence-electron chi connectivity index (χ2n) is 7.09. The first-order valence-corrected chi connectivity index (χ1v) is 8.84. The van der Waals surface area contributed by atoms with E-state index in [9.17, 15) is 5.11 Å². The number of pyridine rings is 1. The van der Waals surface area contributed by atoms with Crippen LogP contribution in [0.3, 0.4) is 0 Å². The summed E-state index contributed by atoms with van der Waals surface area (Å²) in [6.45, 7) is 10.0. The lowest BCUT2D eigenvalue weighted by Crippen LogP contribution is -2.23. The molecule has 2 aromatic heterocycles. The molecule has 0 spiro atoms. The highest BCUT2D eigenvalue weighted by atomic mass is 16.3.